The van der Waals surface area contributed by atoms with Gasteiger partial charge in [-0.3, -0.25) is 14.5 Å². The van der Waals surface area contributed by atoms with Gasteiger partial charge in [-0.05, 0) is 51.5 Å². The minimum atomic E-state index is 0.173. The average molecular weight is 345 g/mol. The number of carbonyl (C=O) groups excluding carboxylic acids is 2. The number of hydrogen-bond acceptors (Lipinski definition) is 3. The molecule has 25 heavy (non-hydrogen) atoms. The van der Waals surface area contributed by atoms with E-state index in [9.17, 15) is 9.59 Å². The molecule has 138 valence electrons. The Balaban J connectivity index is 1.28. The van der Waals surface area contributed by atoms with Gasteiger partial charge in [-0.15, -0.1) is 0 Å². The van der Waals surface area contributed by atoms with Crippen LogP contribution in [-0.4, -0.2) is 71.8 Å². The van der Waals surface area contributed by atoms with Gasteiger partial charge < -0.3 is 9.80 Å². The first kappa shape index (κ1) is 17.1. The molecule has 0 spiro atoms. The zero-order chi connectivity index (χ0) is 17.2. The van der Waals surface area contributed by atoms with Crippen LogP contribution in [0, 0.1) is 11.8 Å². The van der Waals surface area contributed by atoms with Crippen molar-refractivity contribution in [2.75, 3.05) is 39.3 Å². The largest absolute Gasteiger partial charge is 0.342 e. The van der Waals surface area contributed by atoms with Crippen molar-refractivity contribution in [3.63, 3.8) is 0 Å². The smallest absolute Gasteiger partial charge is 0.227 e. The lowest BCUT2D eigenvalue weighted by atomic mass is 9.92. The Bertz CT molecular complexity index is 535. The molecule has 4 aliphatic rings. The highest BCUT2D eigenvalue weighted by molar-refractivity contribution is 5.81. The lowest BCUT2D eigenvalue weighted by Gasteiger charge is -2.43. The van der Waals surface area contributed by atoms with Crippen molar-refractivity contribution in [2.45, 2.75) is 51.0 Å². The van der Waals surface area contributed by atoms with E-state index in [0.29, 0.717) is 23.8 Å². The zero-order valence-electron chi connectivity index (χ0n) is 15.2. The first-order chi connectivity index (χ1) is 12.2. The highest BCUT2D eigenvalue weighted by Gasteiger charge is 2.37. The molecule has 0 aromatic heterocycles. The van der Waals surface area contributed by atoms with Crippen LogP contribution in [-0.2, 0) is 9.59 Å². The van der Waals surface area contributed by atoms with Crippen molar-refractivity contribution in [1.29, 1.82) is 0 Å². The van der Waals surface area contributed by atoms with Crippen LogP contribution in [0.15, 0.2) is 12.2 Å². The van der Waals surface area contributed by atoms with E-state index >= 15 is 0 Å². The summed E-state index contributed by atoms with van der Waals surface area (Å²) in [5, 5.41) is 0. The summed E-state index contributed by atoms with van der Waals surface area (Å²) in [7, 11) is 0. The van der Waals surface area contributed by atoms with Crippen LogP contribution in [0.2, 0.25) is 0 Å². The average Bonchev–Trinajstić information content (AvgIpc) is 3.53. The molecule has 0 radical (unpaired) electrons. The van der Waals surface area contributed by atoms with Crippen LogP contribution in [0.3, 0.4) is 0 Å². The van der Waals surface area contributed by atoms with Crippen molar-refractivity contribution < 1.29 is 9.59 Å². The predicted molar refractivity (Wildman–Crippen MR) is 97.0 cm³/mol. The van der Waals surface area contributed by atoms with Crippen LogP contribution in [0.25, 0.3) is 0 Å². The summed E-state index contributed by atoms with van der Waals surface area (Å²) in [4.78, 5) is 31.7. The third kappa shape index (κ3) is 3.91. The van der Waals surface area contributed by atoms with Gasteiger partial charge >= 0.3 is 0 Å². The molecule has 3 heterocycles. The molecule has 2 amide bonds. The Hall–Kier alpha value is -1.36. The molecule has 0 aromatic rings. The molecule has 0 N–H and O–H groups in total. The third-order valence-electron chi connectivity index (χ3n) is 6.39. The molecule has 1 aliphatic carbocycles. The van der Waals surface area contributed by atoms with Gasteiger partial charge in [0, 0.05) is 44.7 Å². The Kier molecular flexibility index (Phi) is 5.11. The fourth-order valence-electron chi connectivity index (χ4n) is 4.68. The molecular weight excluding hydrogens is 314 g/mol. The van der Waals surface area contributed by atoms with Crippen molar-refractivity contribution in [3.05, 3.63) is 12.2 Å². The molecule has 2 saturated heterocycles. The van der Waals surface area contributed by atoms with E-state index in [1.807, 2.05) is 4.90 Å². The van der Waals surface area contributed by atoms with E-state index in [1.165, 1.54) is 0 Å². The van der Waals surface area contributed by atoms with Gasteiger partial charge in [0.1, 0.15) is 0 Å². The SMILES string of the molecule is O=C(C1CC1)N1CCC(N2CCC[C@@H](C(=O)N3CC=CCC3)C2)CC1. The van der Waals surface area contributed by atoms with E-state index in [4.69, 9.17) is 0 Å². The van der Waals surface area contributed by atoms with Gasteiger partial charge in [0.25, 0.3) is 0 Å². The summed E-state index contributed by atoms with van der Waals surface area (Å²) >= 11 is 0. The number of hydrogen-bond donors (Lipinski definition) is 0. The maximum atomic E-state index is 12.8. The van der Waals surface area contributed by atoms with Crippen molar-refractivity contribution >= 4 is 11.8 Å². The Morgan fingerprint density at radius 1 is 0.760 bits per heavy atom. The van der Waals surface area contributed by atoms with Crippen LogP contribution in [0.5, 0.6) is 0 Å². The Morgan fingerprint density at radius 3 is 2.20 bits per heavy atom. The number of carbonyl (C=O) groups is 2. The molecule has 1 atom stereocenters. The maximum Gasteiger partial charge on any atom is 0.227 e. The van der Waals surface area contributed by atoms with Crippen LogP contribution >= 0.6 is 0 Å². The zero-order valence-corrected chi connectivity index (χ0v) is 15.2. The standard InChI is InChI=1S/C20H31N3O2/c24-19(16-6-7-16)22-13-8-18(9-14-22)23-12-4-5-17(15-23)20(25)21-10-2-1-3-11-21/h1-2,16-18H,3-15H2/t17-/m1/s1. The monoisotopic (exact) mass is 345 g/mol. The number of amides is 2. The van der Waals surface area contributed by atoms with Gasteiger partial charge in [-0.1, -0.05) is 12.2 Å². The van der Waals surface area contributed by atoms with Gasteiger partial charge in [0.05, 0.1) is 5.92 Å². The first-order valence-corrected chi connectivity index (χ1v) is 10.2. The molecule has 3 aliphatic heterocycles. The van der Waals surface area contributed by atoms with Gasteiger partial charge in [-0.25, -0.2) is 0 Å². The quantitative estimate of drug-likeness (QED) is 0.734. The molecule has 5 heteroatoms. The summed E-state index contributed by atoms with van der Waals surface area (Å²) in [6, 6.07) is 0.556. The summed E-state index contributed by atoms with van der Waals surface area (Å²) < 4.78 is 0. The molecule has 0 bridgehead atoms. The number of likely N-dealkylation sites (tertiary alicyclic amines) is 2. The fraction of sp³-hybridized carbons (Fsp3) is 0.800. The van der Waals surface area contributed by atoms with E-state index in [0.717, 1.165) is 84.2 Å². The summed E-state index contributed by atoms with van der Waals surface area (Å²) in [6.45, 7) is 5.52. The van der Waals surface area contributed by atoms with E-state index in [1.54, 1.807) is 0 Å². The minimum Gasteiger partial charge on any atom is -0.342 e. The van der Waals surface area contributed by atoms with Gasteiger partial charge in [-0.2, -0.15) is 0 Å². The highest BCUT2D eigenvalue weighted by atomic mass is 16.2. The highest BCUT2D eigenvalue weighted by Crippen LogP contribution is 2.33. The topological polar surface area (TPSA) is 43.9 Å². The van der Waals surface area contributed by atoms with Crippen molar-refractivity contribution in [1.82, 2.24) is 14.7 Å². The predicted octanol–water partition coefficient (Wildman–Crippen LogP) is 1.89. The van der Waals surface area contributed by atoms with Crippen LogP contribution in [0.4, 0.5) is 0 Å². The number of rotatable bonds is 3. The molecular formula is C20H31N3O2. The number of piperidine rings is 2. The van der Waals surface area contributed by atoms with E-state index < -0.39 is 0 Å². The third-order valence-corrected chi connectivity index (χ3v) is 6.39. The Labute approximate surface area is 151 Å². The van der Waals surface area contributed by atoms with Crippen LogP contribution in [0.1, 0.15) is 44.9 Å². The molecule has 0 aromatic carbocycles. The summed E-state index contributed by atoms with van der Waals surface area (Å²) in [5.74, 6) is 1.26. The Morgan fingerprint density at radius 2 is 1.52 bits per heavy atom. The maximum absolute atomic E-state index is 12.8. The van der Waals surface area contributed by atoms with E-state index in [-0.39, 0.29) is 5.92 Å². The molecule has 0 unspecified atom stereocenters. The lowest BCUT2D eigenvalue weighted by Crippen LogP contribution is -2.52. The van der Waals surface area contributed by atoms with Crippen molar-refractivity contribution in [2.24, 2.45) is 11.8 Å². The van der Waals surface area contributed by atoms with Gasteiger partial charge in [0.15, 0.2) is 0 Å². The second-order valence-corrected chi connectivity index (χ2v) is 8.21. The van der Waals surface area contributed by atoms with Crippen LogP contribution < -0.4 is 0 Å². The molecule has 4 rings (SSSR count). The second kappa shape index (κ2) is 7.48. The molecule has 3 fully saturated rings. The normalized spacial score (nSPS) is 29.0. The summed E-state index contributed by atoms with van der Waals surface area (Å²) in [5.41, 5.74) is 0. The summed E-state index contributed by atoms with van der Waals surface area (Å²) in [6.07, 6.45) is 11.8. The minimum absolute atomic E-state index is 0.173. The molecule has 5 nitrogen and oxygen atoms in total. The second-order valence-electron chi connectivity index (χ2n) is 8.21. The van der Waals surface area contributed by atoms with E-state index in [2.05, 4.69) is 22.0 Å². The molecule has 1 saturated carbocycles. The van der Waals surface area contributed by atoms with Crippen molar-refractivity contribution in [3.8, 4) is 0 Å². The first-order valence-electron chi connectivity index (χ1n) is 10.2. The fourth-order valence-corrected chi connectivity index (χ4v) is 4.68. The number of nitrogens with zero attached hydrogens (tertiary/aromatic N) is 3. The van der Waals surface area contributed by atoms with Gasteiger partial charge in [0.2, 0.25) is 11.8 Å². The lowest BCUT2D eigenvalue weighted by molar-refractivity contribution is -0.137.